The molecule has 0 radical (unpaired) electrons. The Hall–Kier alpha value is -3.52. The Labute approximate surface area is 171 Å². The number of nitrogens with one attached hydrogen (secondary N) is 1. The topological polar surface area (TPSA) is 98.7 Å². The van der Waals surface area contributed by atoms with Crippen LogP contribution in [-0.2, 0) is 6.54 Å². The molecule has 1 amide bonds. The summed E-state index contributed by atoms with van der Waals surface area (Å²) in [6.45, 7) is 3.86. The summed E-state index contributed by atoms with van der Waals surface area (Å²) in [5, 5.41) is 11.7. The number of aromatic nitrogens is 5. The van der Waals surface area contributed by atoms with Crippen molar-refractivity contribution in [2.45, 2.75) is 20.4 Å². The molecule has 4 rings (SSSR count). The second-order valence-corrected chi connectivity index (χ2v) is 6.76. The zero-order chi connectivity index (χ0) is 20.4. The number of hydrogen-bond acceptors (Lipinski definition) is 6. The van der Waals surface area contributed by atoms with Crippen LogP contribution in [0.5, 0.6) is 0 Å². The molecule has 0 aliphatic heterocycles. The Morgan fingerprint density at radius 3 is 2.79 bits per heavy atom. The Balaban J connectivity index is 1.61. The first-order valence-corrected chi connectivity index (χ1v) is 9.24. The molecule has 29 heavy (non-hydrogen) atoms. The van der Waals surface area contributed by atoms with E-state index >= 15 is 0 Å². The molecule has 3 heterocycles. The van der Waals surface area contributed by atoms with Crippen LogP contribution >= 0.6 is 11.6 Å². The van der Waals surface area contributed by atoms with E-state index in [2.05, 4.69) is 25.5 Å². The van der Waals surface area contributed by atoms with E-state index in [9.17, 15) is 4.79 Å². The predicted molar refractivity (Wildman–Crippen MR) is 107 cm³/mol. The largest absolute Gasteiger partial charge is 0.348 e. The number of rotatable bonds is 5. The van der Waals surface area contributed by atoms with Crippen molar-refractivity contribution in [2.75, 3.05) is 0 Å². The summed E-state index contributed by atoms with van der Waals surface area (Å²) in [6.07, 6.45) is 3.15. The summed E-state index contributed by atoms with van der Waals surface area (Å²) in [4.78, 5) is 21.3. The maximum absolute atomic E-state index is 12.7. The maximum Gasteiger partial charge on any atom is 0.261 e. The van der Waals surface area contributed by atoms with Crippen LogP contribution in [0.25, 0.3) is 17.3 Å². The summed E-state index contributed by atoms with van der Waals surface area (Å²) in [5.41, 5.74) is 2.54. The first-order chi connectivity index (χ1) is 14.0. The van der Waals surface area contributed by atoms with Crippen molar-refractivity contribution in [1.29, 1.82) is 0 Å². The molecule has 1 N–H and O–H groups in total. The lowest BCUT2D eigenvalue weighted by molar-refractivity contribution is 0.0950. The van der Waals surface area contributed by atoms with Crippen LogP contribution in [0.1, 0.15) is 27.4 Å². The van der Waals surface area contributed by atoms with Crippen LogP contribution in [0, 0.1) is 13.8 Å². The molecule has 146 valence electrons. The van der Waals surface area contributed by atoms with Crippen LogP contribution in [0.3, 0.4) is 0 Å². The van der Waals surface area contributed by atoms with Crippen molar-refractivity contribution in [3.8, 4) is 17.3 Å². The van der Waals surface area contributed by atoms with Crippen LogP contribution in [-0.4, -0.2) is 30.8 Å². The second-order valence-electron chi connectivity index (χ2n) is 6.35. The minimum Gasteiger partial charge on any atom is -0.348 e. The Morgan fingerprint density at radius 1 is 1.21 bits per heavy atom. The number of nitrogens with zero attached hydrogens (tertiary/aromatic N) is 5. The van der Waals surface area contributed by atoms with E-state index in [1.165, 1.54) is 6.20 Å². The second kappa shape index (κ2) is 7.84. The van der Waals surface area contributed by atoms with Gasteiger partial charge in [0.1, 0.15) is 0 Å². The number of amides is 1. The van der Waals surface area contributed by atoms with E-state index < -0.39 is 0 Å². The van der Waals surface area contributed by atoms with Crippen molar-refractivity contribution in [3.05, 3.63) is 76.5 Å². The molecule has 4 aromatic rings. The highest BCUT2D eigenvalue weighted by atomic mass is 35.5. The molecule has 0 spiro atoms. The molecule has 0 bridgehead atoms. The highest BCUT2D eigenvalue weighted by Crippen LogP contribution is 2.25. The van der Waals surface area contributed by atoms with Crippen molar-refractivity contribution in [3.63, 3.8) is 0 Å². The Bertz CT molecular complexity index is 1180. The zero-order valence-corrected chi connectivity index (χ0v) is 16.5. The van der Waals surface area contributed by atoms with Crippen molar-refractivity contribution < 1.29 is 9.32 Å². The van der Waals surface area contributed by atoms with Crippen LogP contribution in [0.15, 0.2) is 53.3 Å². The highest BCUT2D eigenvalue weighted by Gasteiger charge is 2.20. The van der Waals surface area contributed by atoms with E-state index in [-0.39, 0.29) is 5.91 Å². The van der Waals surface area contributed by atoms with Gasteiger partial charge in [0, 0.05) is 17.8 Å². The van der Waals surface area contributed by atoms with E-state index in [1.54, 1.807) is 36.9 Å². The molecule has 0 saturated heterocycles. The van der Waals surface area contributed by atoms with E-state index in [4.69, 9.17) is 16.1 Å². The van der Waals surface area contributed by atoms with Gasteiger partial charge < -0.3 is 9.84 Å². The van der Waals surface area contributed by atoms with Crippen molar-refractivity contribution in [2.24, 2.45) is 0 Å². The highest BCUT2D eigenvalue weighted by molar-refractivity contribution is 6.31. The van der Waals surface area contributed by atoms with Crippen LogP contribution in [0.4, 0.5) is 0 Å². The molecule has 0 atom stereocenters. The summed E-state index contributed by atoms with van der Waals surface area (Å²) >= 11 is 6.15. The van der Waals surface area contributed by atoms with E-state index in [0.29, 0.717) is 45.9 Å². The minimum atomic E-state index is -0.250. The van der Waals surface area contributed by atoms with Gasteiger partial charge in [0.25, 0.3) is 11.8 Å². The molecule has 0 aliphatic carbocycles. The first-order valence-electron chi connectivity index (χ1n) is 8.87. The minimum absolute atomic E-state index is 0.250. The lowest BCUT2D eigenvalue weighted by atomic mass is 10.2. The molecule has 3 aromatic heterocycles. The van der Waals surface area contributed by atoms with Gasteiger partial charge in [-0.1, -0.05) is 35.0 Å². The SMILES string of the molecule is Cc1noc(-c2cccnc2-n2ncc(C(=O)NCc3ccccc3Cl)c2C)n1. The normalized spacial score (nSPS) is 10.9. The Morgan fingerprint density at radius 2 is 2.03 bits per heavy atom. The average molecular weight is 409 g/mol. The molecular weight excluding hydrogens is 392 g/mol. The third kappa shape index (κ3) is 3.74. The smallest absolute Gasteiger partial charge is 0.261 e. The summed E-state index contributed by atoms with van der Waals surface area (Å²) < 4.78 is 6.85. The number of hydrogen-bond donors (Lipinski definition) is 1. The molecule has 0 saturated carbocycles. The molecular formula is C20H17ClN6O2. The number of benzene rings is 1. The molecule has 8 nitrogen and oxygen atoms in total. The number of carbonyl (C=O) groups excluding carboxylic acids is 1. The molecule has 0 unspecified atom stereocenters. The summed E-state index contributed by atoms with van der Waals surface area (Å²) in [6, 6.07) is 11.0. The van der Waals surface area contributed by atoms with E-state index in [0.717, 1.165) is 5.56 Å². The third-order valence-electron chi connectivity index (χ3n) is 4.40. The average Bonchev–Trinajstić information content (AvgIpc) is 3.33. The van der Waals surface area contributed by atoms with Crippen LogP contribution < -0.4 is 5.32 Å². The number of pyridine rings is 1. The Kier molecular flexibility index (Phi) is 5.09. The van der Waals surface area contributed by atoms with Crippen molar-refractivity contribution in [1.82, 2.24) is 30.2 Å². The molecule has 1 aromatic carbocycles. The van der Waals surface area contributed by atoms with Gasteiger partial charge in [0.05, 0.1) is 23.0 Å². The van der Waals surface area contributed by atoms with E-state index in [1.807, 2.05) is 24.3 Å². The summed E-state index contributed by atoms with van der Waals surface area (Å²) in [7, 11) is 0. The number of aryl methyl sites for hydroxylation is 1. The third-order valence-corrected chi connectivity index (χ3v) is 4.77. The lowest BCUT2D eigenvalue weighted by Gasteiger charge is -2.09. The quantitative estimate of drug-likeness (QED) is 0.542. The van der Waals surface area contributed by atoms with Gasteiger partial charge in [0.2, 0.25) is 0 Å². The predicted octanol–water partition coefficient (Wildman–Crippen LogP) is 3.52. The fourth-order valence-corrected chi connectivity index (χ4v) is 3.10. The van der Waals surface area contributed by atoms with Crippen LogP contribution in [0.2, 0.25) is 5.02 Å². The fourth-order valence-electron chi connectivity index (χ4n) is 2.90. The van der Waals surface area contributed by atoms with Gasteiger partial charge in [-0.2, -0.15) is 10.1 Å². The van der Waals surface area contributed by atoms with Gasteiger partial charge in [-0.25, -0.2) is 9.67 Å². The fraction of sp³-hybridized carbons (Fsp3) is 0.150. The maximum atomic E-state index is 12.7. The van der Waals surface area contributed by atoms with Gasteiger partial charge in [-0.15, -0.1) is 0 Å². The first kappa shape index (κ1) is 18.8. The zero-order valence-electron chi connectivity index (χ0n) is 15.8. The number of carbonyl (C=O) groups is 1. The molecule has 0 aliphatic rings. The number of halogens is 1. The van der Waals surface area contributed by atoms with Gasteiger partial charge in [-0.3, -0.25) is 4.79 Å². The molecule has 0 fully saturated rings. The van der Waals surface area contributed by atoms with Gasteiger partial charge in [0.15, 0.2) is 11.6 Å². The van der Waals surface area contributed by atoms with Gasteiger partial charge in [-0.05, 0) is 37.6 Å². The summed E-state index contributed by atoms with van der Waals surface area (Å²) in [5.74, 6) is 1.11. The standard InChI is InChI=1S/C20H17ClN6O2/c1-12-16(19(28)23-10-14-6-3-4-8-17(14)21)11-24-27(12)18-15(7-5-9-22-18)20-25-13(2)26-29-20/h3-9,11H,10H2,1-2H3,(H,23,28). The van der Waals surface area contributed by atoms with Gasteiger partial charge >= 0.3 is 0 Å². The lowest BCUT2D eigenvalue weighted by Crippen LogP contribution is -2.23. The molecule has 9 heteroatoms. The monoisotopic (exact) mass is 408 g/mol. The van der Waals surface area contributed by atoms with Crippen molar-refractivity contribution >= 4 is 17.5 Å².